The summed E-state index contributed by atoms with van der Waals surface area (Å²) in [5, 5.41) is 11.9. The number of methoxy groups -OCH3 is 1. The maximum absolute atomic E-state index is 12.4. The summed E-state index contributed by atoms with van der Waals surface area (Å²) in [6.07, 6.45) is 0. The number of amides is 2. The van der Waals surface area contributed by atoms with E-state index in [2.05, 4.69) is 5.32 Å². The Morgan fingerprint density at radius 2 is 1.59 bits per heavy atom. The third kappa shape index (κ3) is 4.63. The van der Waals surface area contributed by atoms with Crippen molar-refractivity contribution in [2.45, 2.75) is 13.8 Å². The molecule has 0 aromatic heterocycles. The molecule has 0 aliphatic rings. The van der Waals surface area contributed by atoms with Crippen molar-refractivity contribution in [1.29, 1.82) is 0 Å². The molecule has 27 heavy (non-hydrogen) atoms. The Morgan fingerprint density at radius 1 is 1.00 bits per heavy atom. The lowest BCUT2D eigenvalue weighted by Crippen LogP contribution is -2.30. The molecule has 2 N–H and O–H groups in total. The van der Waals surface area contributed by atoms with E-state index in [-0.39, 0.29) is 17.2 Å². The molecule has 0 atom stereocenters. The van der Waals surface area contributed by atoms with E-state index in [1.54, 1.807) is 23.1 Å². The molecule has 0 saturated carbocycles. The minimum Gasteiger partial charge on any atom is -0.497 e. The summed E-state index contributed by atoms with van der Waals surface area (Å²) in [5.41, 5.74) is 0.900. The van der Waals surface area contributed by atoms with Crippen LogP contribution in [-0.2, 0) is 0 Å². The van der Waals surface area contributed by atoms with E-state index in [4.69, 9.17) is 4.74 Å². The fraction of sp³-hybridized carbons (Fsp3) is 0.250. The highest BCUT2D eigenvalue weighted by atomic mass is 16.5. The molecule has 0 aliphatic carbocycles. The molecule has 0 unspecified atom stereocenters. The van der Waals surface area contributed by atoms with Gasteiger partial charge in [0.15, 0.2) is 0 Å². The maximum Gasteiger partial charge on any atom is 0.337 e. The molecule has 0 saturated heterocycles. The number of ether oxygens (including phenoxy) is 1. The van der Waals surface area contributed by atoms with Crippen molar-refractivity contribution in [2.24, 2.45) is 0 Å². The van der Waals surface area contributed by atoms with Crippen LogP contribution in [0.25, 0.3) is 0 Å². The lowest BCUT2D eigenvalue weighted by atomic mass is 10.1. The van der Waals surface area contributed by atoms with E-state index in [1.165, 1.54) is 31.4 Å². The van der Waals surface area contributed by atoms with Gasteiger partial charge in [0.1, 0.15) is 5.75 Å². The summed E-state index contributed by atoms with van der Waals surface area (Å²) >= 11 is 0. The second-order valence-corrected chi connectivity index (χ2v) is 5.73. The van der Waals surface area contributed by atoms with Gasteiger partial charge in [-0.3, -0.25) is 9.59 Å². The molecule has 2 aromatic rings. The molecule has 142 valence electrons. The standard InChI is InChI=1S/C20H22N2O5/c1-4-22(5-2)19(24)14-8-6-13(7-9-14)18(23)21-17-11-10-15(27-3)12-16(17)20(25)26/h6-12H,4-5H2,1-3H3,(H,21,23)(H,25,26). The maximum atomic E-state index is 12.4. The van der Waals surface area contributed by atoms with Gasteiger partial charge in [-0.25, -0.2) is 4.79 Å². The molecule has 2 rings (SSSR count). The fourth-order valence-electron chi connectivity index (χ4n) is 2.59. The number of anilines is 1. The molecule has 2 amide bonds. The predicted molar refractivity (Wildman–Crippen MR) is 102 cm³/mol. The first-order valence-corrected chi connectivity index (χ1v) is 8.53. The van der Waals surface area contributed by atoms with Gasteiger partial charge in [0.25, 0.3) is 11.8 Å². The Balaban J connectivity index is 2.20. The second-order valence-electron chi connectivity index (χ2n) is 5.73. The topological polar surface area (TPSA) is 95.9 Å². The van der Waals surface area contributed by atoms with Gasteiger partial charge in [-0.05, 0) is 56.3 Å². The number of carboxylic acid groups (broad SMARTS) is 1. The molecule has 7 nitrogen and oxygen atoms in total. The lowest BCUT2D eigenvalue weighted by Gasteiger charge is -2.18. The number of hydrogen-bond donors (Lipinski definition) is 2. The van der Waals surface area contributed by atoms with Crippen molar-refractivity contribution in [3.63, 3.8) is 0 Å². The largest absolute Gasteiger partial charge is 0.497 e. The third-order valence-corrected chi connectivity index (χ3v) is 4.15. The zero-order valence-electron chi connectivity index (χ0n) is 15.5. The fourth-order valence-corrected chi connectivity index (χ4v) is 2.59. The lowest BCUT2D eigenvalue weighted by molar-refractivity contribution is 0.0696. The molecule has 7 heteroatoms. The van der Waals surface area contributed by atoms with Crippen LogP contribution >= 0.6 is 0 Å². The average Bonchev–Trinajstić information content (AvgIpc) is 2.69. The van der Waals surface area contributed by atoms with E-state index in [0.717, 1.165) is 0 Å². The summed E-state index contributed by atoms with van der Waals surface area (Å²) < 4.78 is 5.01. The van der Waals surface area contributed by atoms with Crippen molar-refractivity contribution in [3.8, 4) is 5.75 Å². The molecule has 0 heterocycles. The number of aromatic carboxylic acids is 1. The Kier molecular flexibility index (Phi) is 6.54. The van der Waals surface area contributed by atoms with Gasteiger partial charge in [-0.1, -0.05) is 0 Å². The molecule has 0 spiro atoms. The van der Waals surface area contributed by atoms with Crippen LogP contribution in [-0.4, -0.2) is 48.0 Å². The highest BCUT2D eigenvalue weighted by molar-refractivity contribution is 6.08. The van der Waals surface area contributed by atoms with Crippen LogP contribution in [0.5, 0.6) is 5.75 Å². The number of carbonyl (C=O) groups is 3. The van der Waals surface area contributed by atoms with Gasteiger partial charge in [0.2, 0.25) is 0 Å². The van der Waals surface area contributed by atoms with Crippen LogP contribution in [0.1, 0.15) is 44.9 Å². The number of hydrogen-bond acceptors (Lipinski definition) is 4. The van der Waals surface area contributed by atoms with E-state index < -0.39 is 11.9 Å². The van der Waals surface area contributed by atoms with Gasteiger partial charge >= 0.3 is 5.97 Å². The number of nitrogens with zero attached hydrogens (tertiary/aromatic N) is 1. The van der Waals surface area contributed by atoms with Crippen molar-refractivity contribution in [2.75, 3.05) is 25.5 Å². The Bertz CT molecular complexity index is 842. The number of rotatable bonds is 7. The van der Waals surface area contributed by atoms with E-state index >= 15 is 0 Å². The first kappa shape index (κ1) is 20.0. The van der Waals surface area contributed by atoms with Crippen LogP contribution in [0.2, 0.25) is 0 Å². The van der Waals surface area contributed by atoms with Crippen molar-refractivity contribution in [3.05, 3.63) is 59.2 Å². The van der Waals surface area contributed by atoms with Gasteiger partial charge in [0.05, 0.1) is 18.4 Å². The normalized spacial score (nSPS) is 10.2. The van der Waals surface area contributed by atoms with Crippen molar-refractivity contribution in [1.82, 2.24) is 4.90 Å². The molecule has 0 bridgehead atoms. The Hall–Kier alpha value is -3.35. The zero-order valence-corrected chi connectivity index (χ0v) is 15.5. The number of carboxylic acids is 1. The third-order valence-electron chi connectivity index (χ3n) is 4.15. The molecule has 0 radical (unpaired) electrons. The van der Waals surface area contributed by atoms with E-state index in [9.17, 15) is 19.5 Å². The summed E-state index contributed by atoms with van der Waals surface area (Å²) in [6.45, 7) is 5.01. The van der Waals surface area contributed by atoms with Crippen molar-refractivity contribution >= 4 is 23.5 Å². The summed E-state index contributed by atoms with van der Waals surface area (Å²) in [4.78, 5) is 37.8. The van der Waals surface area contributed by atoms with Crippen LogP contribution in [0.15, 0.2) is 42.5 Å². The molecule has 0 aliphatic heterocycles. The van der Waals surface area contributed by atoms with Crippen LogP contribution in [0, 0.1) is 0 Å². The molecular weight excluding hydrogens is 348 g/mol. The second kappa shape index (κ2) is 8.84. The highest BCUT2D eigenvalue weighted by Gasteiger charge is 2.16. The SMILES string of the molecule is CCN(CC)C(=O)c1ccc(C(=O)Nc2ccc(OC)cc2C(=O)O)cc1. The summed E-state index contributed by atoms with van der Waals surface area (Å²) in [7, 11) is 1.43. The minimum atomic E-state index is -1.18. The van der Waals surface area contributed by atoms with Gasteiger partial charge < -0.3 is 20.1 Å². The zero-order chi connectivity index (χ0) is 20.0. The Labute approximate surface area is 157 Å². The van der Waals surface area contributed by atoms with Crippen molar-refractivity contribution < 1.29 is 24.2 Å². The van der Waals surface area contributed by atoms with Crippen LogP contribution in [0.4, 0.5) is 5.69 Å². The van der Waals surface area contributed by atoms with E-state index in [1.807, 2.05) is 13.8 Å². The number of benzene rings is 2. The quantitative estimate of drug-likeness (QED) is 0.781. The Morgan fingerprint density at radius 3 is 2.11 bits per heavy atom. The van der Waals surface area contributed by atoms with Gasteiger partial charge in [0, 0.05) is 24.2 Å². The van der Waals surface area contributed by atoms with Crippen LogP contribution < -0.4 is 10.1 Å². The first-order valence-electron chi connectivity index (χ1n) is 8.53. The van der Waals surface area contributed by atoms with Crippen LogP contribution in [0.3, 0.4) is 0 Å². The monoisotopic (exact) mass is 370 g/mol. The van der Waals surface area contributed by atoms with E-state index in [0.29, 0.717) is 30.0 Å². The molecular formula is C20H22N2O5. The van der Waals surface area contributed by atoms with Gasteiger partial charge in [-0.2, -0.15) is 0 Å². The molecule has 0 fully saturated rings. The highest BCUT2D eigenvalue weighted by Crippen LogP contribution is 2.23. The smallest absolute Gasteiger partial charge is 0.337 e. The number of nitrogens with one attached hydrogen (secondary N) is 1. The average molecular weight is 370 g/mol. The first-order chi connectivity index (χ1) is 12.9. The molecule has 2 aromatic carbocycles. The van der Waals surface area contributed by atoms with Gasteiger partial charge in [-0.15, -0.1) is 0 Å². The predicted octanol–water partition coefficient (Wildman–Crippen LogP) is 3.13. The number of carbonyl (C=O) groups excluding carboxylic acids is 2. The minimum absolute atomic E-state index is 0.0731. The summed E-state index contributed by atoms with van der Waals surface area (Å²) in [5.74, 6) is -1.37. The summed E-state index contributed by atoms with van der Waals surface area (Å²) in [6, 6.07) is 10.6.